The molecule has 0 spiro atoms. The first kappa shape index (κ1) is 22.3. The number of unbranched alkanes of at least 4 members (excludes halogenated alkanes) is 2. The Labute approximate surface area is 173 Å². The third kappa shape index (κ3) is 7.89. The van der Waals surface area contributed by atoms with E-state index in [1.54, 1.807) is 48.5 Å². The maximum absolute atomic E-state index is 12.1. The van der Waals surface area contributed by atoms with E-state index in [1.165, 1.54) is 7.69 Å². The zero-order valence-electron chi connectivity index (χ0n) is 17.1. The fraction of sp³-hybridized carbons (Fsp3) is 0.364. The summed E-state index contributed by atoms with van der Waals surface area (Å²) in [6.07, 6.45) is 3.94. The summed E-state index contributed by atoms with van der Waals surface area (Å²) < 4.78 is 11.0. The summed E-state index contributed by atoms with van der Waals surface area (Å²) in [5.41, 5.74) is 1.05. The molecule has 0 atom stereocenters. The minimum atomic E-state index is -0.133. The molecule has 6 nitrogen and oxygen atoms in total. The predicted octanol–water partition coefficient (Wildman–Crippen LogP) is 3.74. The molecule has 0 unspecified atom stereocenters. The average molecular weight is 395 g/mol. The fourth-order valence-corrected chi connectivity index (χ4v) is 2.52. The van der Waals surface area contributed by atoms with Crippen LogP contribution in [0.25, 0.3) is 0 Å². The van der Waals surface area contributed by atoms with Crippen LogP contribution in [-0.2, 0) is 0 Å². The first-order valence-electron chi connectivity index (χ1n) is 10.1. The van der Waals surface area contributed by atoms with Crippen LogP contribution in [0.1, 0.15) is 60.2 Å². The second kappa shape index (κ2) is 12.5. The van der Waals surface area contributed by atoms with E-state index in [4.69, 9.17) is 9.31 Å². The van der Waals surface area contributed by atoms with Crippen LogP contribution in [0.15, 0.2) is 48.5 Å². The van der Waals surface area contributed by atoms with Gasteiger partial charge in [0.15, 0.2) is 0 Å². The smallest absolute Gasteiger partial charge is 0.526 e. The van der Waals surface area contributed by atoms with Gasteiger partial charge in [0.05, 0.1) is 0 Å². The predicted molar refractivity (Wildman–Crippen MR) is 114 cm³/mol. The minimum Gasteiger partial charge on any atom is -0.526 e. The van der Waals surface area contributed by atoms with Crippen molar-refractivity contribution >= 4 is 19.5 Å². The zero-order chi connectivity index (χ0) is 20.9. The second-order valence-electron chi connectivity index (χ2n) is 6.61. The third-order valence-corrected chi connectivity index (χ3v) is 4.19. The Bertz CT molecular complexity index is 732. The number of benzene rings is 2. The second-order valence-corrected chi connectivity index (χ2v) is 6.61. The van der Waals surface area contributed by atoms with Crippen LogP contribution >= 0.6 is 0 Å². The van der Waals surface area contributed by atoms with E-state index < -0.39 is 0 Å². The molecule has 0 aromatic heterocycles. The van der Waals surface area contributed by atoms with Crippen LogP contribution in [0.2, 0.25) is 0 Å². The summed E-state index contributed by atoms with van der Waals surface area (Å²) in [5.74, 6) is 0.710. The monoisotopic (exact) mass is 395 g/mol. The molecule has 1 radical (unpaired) electrons. The molecule has 2 amide bonds. The molecule has 2 aromatic rings. The van der Waals surface area contributed by atoms with E-state index in [-0.39, 0.29) is 11.8 Å². The molecule has 7 heteroatoms. The van der Waals surface area contributed by atoms with E-state index in [9.17, 15) is 9.59 Å². The Kier molecular flexibility index (Phi) is 9.62. The Balaban J connectivity index is 1.85. The van der Waals surface area contributed by atoms with Crippen LogP contribution in [0.5, 0.6) is 11.5 Å². The molecule has 0 fully saturated rings. The van der Waals surface area contributed by atoms with Gasteiger partial charge in [-0.2, -0.15) is 0 Å². The molecule has 0 heterocycles. The lowest BCUT2D eigenvalue weighted by molar-refractivity contribution is 0.0945. The van der Waals surface area contributed by atoms with Crippen LogP contribution in [0.4, 0.5) is 0 Å². The van der Waals surface area contributed by atoms with Gasteiger partial charge in [0.1, 0.15) is 11.5 Å². The Morgan fingerprint density at radius 1 is 0.793 bits per heavy atom. The first-order valence-corrected chi connectivity index (χ1v) is 10.1. The van der Waals surface area contributed by atoms with E-state index in [2.05, 4.69) is 24.5 Å². The topological polar surface area (TPSA) is 76.7 Å². The summed E-state index contributed by atoms with van der Waals surface area (Å²) in [7, 11) is 1.18. The maximum Gasteiger partial charge on any atom is 0.658 e. The summed E-state index contributed by atoms with van der Waals surface area (Å²) in [6.45, 7) is 5.45. The molecular formula is C22H28BN2O4. The molecule has 2 rings (SSSR count). The minimum absolute atomic E-state index is 0.133. The van der Waals surface area contributed by atoms with E-state index in [0.29, 0.717) is 35.7 Å². The number of hydrogen-bond acceptors (Lipinski definition) is 4. The lowest BCUT2D eigenvalue weighted by Crippen LogP contribution is -2.24. The van der Waals surface area contributed by atoms with Crippen molar-refractivity contribution in [2.24, 2.45) is 0 Å². The molecule has 0 bridgehead atoms. The summed E-state index contributed by atoms with van der Waals surface area (Å²) in [4.78, 5) is 24.2. The molecule has 0 aliphatic heterocycles. The fourth-order valence-electron chi connectivity index (χ4n) is 2.52. The summed E-state index contributed by atoms with van der Waals surface area (Å²) in [6, 6.07) is 13.7. The van der Waals surface area contributed by atoms with Gasteiger partial charge in [-0.25, -0.2) is 0 Å². The summed E-state index contributed by atoms with van der Waals surface area (Å²) >= 11 is 0. The van der Waals surface area contributed by atoms with Gasteiger partial charge < -0.3 is 19.9 Å². The quantitative estimate of drug-likeness (QED) is 0.424. The lowest BCUT2D eigenvalue weighted by atomic mass is 10.2. The van der Waals surface area contributed by atoms with E-state index in [1.807, 2.05) is 0 Å². The highest BCUT2D eigenvalue weighted by atomic mass is 16.6. The molecule has 0 saturated heterocycles. The highest BCUT2D eigenvalue weighted by molar-refractivity contribution is 6.20. The van der Waals surface area contributed by atoms with Gasteiger partial charge in [-0.3, -0.25) is 9.59 Å². The first-order chi connectivity index (χ1) is 14.1. The van der Waals surface area contributed by atoms with Gasteiger partial charge in [-0.05, 0) is 49.2 Å². The van der Waals surface area contributed by atoms with Crippen LogP contribution in [-0.4, -0.2) is 32.6 Å². The number of hydrogen-bond donors (Lipinski definition) is 2. The lowest BCUT2D eigenvalue weighted by Gasteiger charge is -2.10. The van der Waals surface area contributed by atoms with Gasteiger partial charge in [0.25, 0.3) is 11.8 Å². The van der Waals surface area contributed by atoms with Crippen LogP contribution in [0, 0.1) is 0 Å². The third-order valence-electron chi connectivity index (χ3n) is 4.19. The molecule has 29 heavy (non-hydrogen) atoms. The Morgan fingerprint density at radius 2 is 1.24 bits per heavy atom. The number of rotatable bonds is 12. The molecule has 2 aromatic carbocycles. The number of amides is 2. The molecule has 0 saturated carbocycles. The number of carbonyl (C=O) groups excluding carboxylic acids is 2. The SMILES string of the molecule is CCCCNC(=O)c1cccc(O[B]Oc2cccc(C(=O)NCCCC)c2)c1. The largest absolute Gasteiger partial charge is 0.658 e. The van der Waals surface area contributed by atoms with Crippen molar-refractivity contribution in [2.75, 3.05) is 13.1 Å². The van der Waals surface area contributed by atoms with Gasteiger partial charge in [-0.1, -0.05) is 38.8 Å². The van der Waals surface area contributed by atoms with Crippen molar-refractivity contribution in [3.63, 3.8) is 0 Å². The molecule has 0 aliphatic rings. The van der Waals surface area contributed by atoms with Crippen LogP contribution in [0.3, 0.4) is 0 Å². The number of carbonyl (C=O) groups is 2. The molecule has 2 N–H and O–H groups in total. The Hall–Kier alpha value is -2.96. The van der Waals surface area contributed by atoms with Gasteiger partial charge in [0.2, 0.25) is 0 Å². The van der Waals surface area contributed by atoms with Crippen molar-refractivity contribution in [3.8, 4) is 11.5 Å². The summed E-state index contributed by atoms with van der Waals surface area (Å²) in [5, 5.41) is 5.74. The van der Waals surface area contributed by atoms with Gasteiger partial charge in [0, 0.05) is 24.2 Å². The zero-order valence-corrected chi connectivity index (χ0v) is 17.1. The van der Waals surface area contributed by atoms with Gasteiger partial charge in [-0.15, -0.1) is 0 Å². The average Bonchev–Trinajstić information content (AvgIpc) is 2.74. The van der Waals surface area contributed by atoms with E-state index >= 15 is 0 Å². The van der Waals surface area contributed by atoms with Crippen molar-refractivity contribution < 1.29 is 18.9 Å². The van der Waals surface area contributed by atoms with Crippen molar-refractivity contribution in [1.29, 1.82) is 0 Å². The Morgan fingerprint density at radius 3 is 1.66 bits per heavy atom. The molecule has 0 aliphatic carbocycles. The molecular weight excluding hydrogens is 367 g/mol. The normalized spacial score (nSPS) is 10.1. The van der Waals surface area contributed by atoms with Crippen molar-refractivity contribution in [2.45, 2.75) is 39.5 Å². The standard InChI is InChI=1S/C22H28BN2O4/c1-3-5-13-24-21(26)17-9-7-11-19(15-17)28-23-29-20-12-8-10-18(16-20)22(27)25-14-6-4-2/h7-12,15-16H,3-6,13-14H2,1-2H3,(H,24,26)(H,25,27). The molecule has 153 valence electrons. The highest BCUT2D eigenvalue weighted by Gasteiger charge is 2.09. The van der Waals surface area contributed by atoms with Crippen LogP contribution < -0.4 is 19.9 Å². The highest BCUT2D eigenvalue weighted by Crippen LogP contribution is 2.16. The maximum atomic E-state index is 12.1. The van der Waals surface area contributed by atoms with E-state index in [0.717, 1.165) is 25.7 Å². The van der Waals surface area contributed by atoms with Gasteiger partial charge >= 0.3 is 7.69 Å². The van der Waals surface area contributed by atoms with Crippen molar-refractivity contribution in [3.05, 3.63) is 59.7 Å². The number of nitrogens with one attached hydrogen (secondary N) is 2. The van der Waals surface area contributed by atoms with Crippen molar-refractivity contribution in [1.82, 2.24) is 10.6 Å².